The van der Waals surface area contributed by atoms with Crippen molar-refractivity contribution in [3.63, 3.8) is 0 Å². The molecule has 2 aromatic heterocycles. The third kappa shape index (κ3) is 5.23. The maximum absolute atomic E-state index is 13.0. The number of allylic oxidation sites excluding steroid dienone is 4. The predicted octanol–water partition coefficient (Wildman–Crippen LogP) is 4.34. The van der Waals surface area contributed by atoms with E-state index in [2.05, 4.69) is 32.0 Å². The summed E-state index contributed by atoms with van der Waals surface area (Å²) in [5.74, 6) is 1.88. The second kappa shape index (κ2) is 10.3. The van der Waals surface area contributed by atoms with E-state index in [-0.39, 0.29) is 5.91 Å². The van der Waals surface area contributed by atoms with Gasteiger partial charge in [0.1, 0.15) is 0 Å². The van der Waals surface area contributed by atoms with Crippen molar-refractivity contribution in [3.05, 3.63) is 103 Å². The first kappa shape index (κ1) is 22.4. The number of pyridine rings is 1. The Hall–Kier alpha value is -3.37. The molecule has 1 aliphatic heterocycles. The number of benzene rings is 1. The number of rotatable bonds is 2. The minimum absolute atomic E-state index is 0.220. The maximum atomic E-state index is 13.0. The van der Waals surface area contributed by atoms with Crippen LogP contribution in [-0.2, 0) is 25.9 Å². The summed E-state index contributed by atoms with van der Waals surface area (Å²) in [6.07, 6.45) is 19.5. The first-order valence-electron chi connectivity index (χ1n) is 11.3. The van der Waals surface area contributed by atoms with Crippen LogP contribution in [0.1, 0.15) is 40.6 Å². The van der Waals surface area contributed by atoms with Crippen molar-refractivity contribution in [2.24, 2.45) is 0 Å². The molecule has 3 aromatic rings. The van der Waals surface area contributed by atoms with Crippen molar-refractivity contribution < 1.29 is 28.9 Å². The number of hydrogen-bond acceptors (Lipinski definition) is 4. The molecule has 34 heavy (non-hydrogen) atoms. The molecule has 3 heterocycles. The number of fused-ring (bicyclic) bond motifs is 2. The van der Waals surface area contributed by atoms with E-state index in [4.69, 9.17) is 4.74 Å². The van der Waals surface area contributed by atoms with E-state index in [9.17, 15) is 4.79 Å². The Balaban J connectivity index is 1.41. The number of nitrogens with one attached hydrogen (secondary N) is 1. The average molecular weight is 620 g/mol. The Morgan fingerprint density at radius 1 is 1.06 bits per heavy atom. The molecule has 1 aromatic carbocycles. The molecule has 5 rings (SSSR count). The average Bonchev–Trinajstić information content (AvgIpc) is 3.61. The molecule has 0 spiro atoms. The van der Waals surface area contributed by atoms with Crippen molar-refractivity contribution >= 4 is 9.81 Å². The first-order chi connectivity index (χ1) is 16.7. The van der Waals surface area contributed by atoms with Crippen LogP contribution >= 0.6 is 0 Å². The monoisotopic (exact) mass is 620 g/mol. The van der Waals surface area contributed by atoms with Gasteiger partial charge in [-0.2, -0.15) is 0 Å². The van der Waals surface area contributed by atoms with Gasteiger partial charge in [-0.3, -0.25) is 4.98 Å². The zero-order valence-corrected chi connectivity index (χ0v) is 21.5. The van der Waals surface area contributed by atoms with E-state index in [1.54, 1.807) is 6.20 Å². The number of ether oxygens (including phenoxy) is 1. The molecule has 1 N–H and O–H groups in total. The zero-order valence-electron chi connectivity index (χ0n) is 18.6. The normalized spacial score (nSPS) is 16.5. The van der Waals surface area contributed by atoms with Crippen molar-refractivity contribution in [3.8, 4) is 16.9 Å². The summed E-state index contributed by atoms with van der Waals surface area (Å²) >= 11 is 1.32. The zero-order chi connectivity index (χ0) is 23.3. The SMILES string of the molecule is O=C1NC=CC=C[C](=[W])c2nccn2CC=CCOc2ccc(-c3ccc(C4CC4)nc3)cc21. The Kier molecular flexibility index (Phi) is 6.77. The molecule has 0 bridgehead atoms. The molecule has 0 radical (unpaired) electrons. The second-order valence-corrected chi connectivity index (χ2v) is 9.78. The third-order valence-electron chi connectivity index (χ3n) is 5.75. The summed E-state index contributed by atoms with van der Waals surface area (Å²) in [6.45, 7) is 1.07. The van der Waals surface area contributed by atoms with E-state index in [1.807, 2.05) is 67.2 Å². The molecule has 0 saturated heterocycles. The molecular weight excluding hydrogens is 596 g/mol. The Bertz CT molecular complexity index is 1300. The van der Waals surface area contributed by atoms with E-state index >= 15 is 0 Å². The van der Waals surface area contributed by atoms with Gasteiger partial charge < -0.3 is 0 Å². The van der Waals surface area contributed by atoms with Crippen LogP contribution < -0.4 is 10.1 Å². The van der Waals surface area contributed by atoms with Crippen molar-refractivity contribution in [2.45, 2.75) is 25.3 Å². The quantitative estimate of drug-likeness (QED) is 0.434. The summed E-state index contributed by atoms with van der Waals surface area (Å²) in [7, 11) is 0. The van der Waals surface area contributed by atoms with Gasteiger partial charge in [0.25, 0.3) is 0 Å². The summed E-state index contributed by atoms with van der Waals surface area (Å²) in [5.41, 5.74) is 3.55. The van der Waals surface area contributed by atoms with Crippen LogP contribution in [0.2, 0.25) is 0 Å². The topological polar surface area (TPSA) is 69.0 Å². The number of nitrogens with zero attached hydrogens (tertiary/aromatic N) is 3. The summed E-state index contributed by atoms with van der Waals surface area (Å²) in [5, 5.41) is 2.85. The van der Waals surface area contributed by atoms with Crippen molar-refractivity contribution in [2.75, 3.05) is 6.61 Å². The fourth-order valence-electron chi connectivity index (χ4n) is 3.76. The number of imidazole rings is 1. The number of aromatic nitrogens is 3. The van der Waals surface area contributed by atoms with Gasteiger partial charge in [0.2, 0.25) is 0 Å². The summed E-state index contributed by atoms with van der Waals surface area (Å²) < 4.78 is 9.19. The standard InChI is InChI=1S/C27H24N4O2.W/c32-27-23-18-21(22-9-11-24(30-19-22)20-7-8-20)10-12-25(23)33-17-5-4-15-31-16-14-28-26(31)6-2-1-3-13-29-27;/h1-5,9-14,16,18-20H,7-8,15,17H2,(H,29,32);. The molecule has 1 fully saturated rings. The van der Waals surface area contributed by atoms with Gasteiger partial charge in [-0.15, -0.1) is 0 Å². The molecule has 7 heteroatoms. The minimum atomic E-state index is -0.220. The van der Waals surface area contributed by atoms with E-state index < -0.39 is 0 Å². The van der Waals surface area contributed by atoms with Crippen LogP contribution in [0.3, 0.4) is 0 Å². The van der Waals surface area contributed by atoms with Gasteiger partial charge in [0.15, 0.2) is 0 Å². The van der Waals surface area contributed by atoms with Gasteiger partial charge in [-0.1, -0.05) is 0 Å². The second-order valence-electron chi connectivity index (χ2n) is 8.20. The van der Waals surface area contributed by atoms with Crippen LogP contribution in [0, 0.1) is 0 Å². The van der Waals surface area contributed by atoms with E-state index in [0.29, 0.717) is 30.4 Å². The molecule has 1 amide bonds. The third-order valence-corrected chi connectivity index (χ3v) is 6.89. The van der Waals surface area contributed by atoms with Crippen molar-refractivity contribution in [1.29, 1.82) is 0 Å². The summed E-state index contributed by atoms with van der Waals surface area (Å²) in [4.78, 5) is 22.1. The number of carbonyl (C=O) groups excluding carboxylic acids is 1. The molecule has 0 unspecified atom stereocenters. The Morgan fingerprint density at radius 3 is 2.76 bits per heavy atom. The van der Waals surface area contributed by atoms with Crippen LogP contribution in [0.5, 0.6) is 5.75 Å². The van der Waals surface area contributed by atoms with Crippen LogP contribution in [0.15, 0.2) is 85.5 Å². The van der Waals surface area contributed by atoms with Gasteiger partial charge >= 0.3 is 174 Å². The Morgan fingerprint density at radius 2 is 1.94 bits per heavy atom. The van der Waals surface area contributed by atoms with Crippen LogP contribution in [0.4, 0.5) is 0 Å². The van der Waals surface area contributed by atoms with E-state index in [1.165, 1.54) is 32.2 Å². The van der Waals surface area contributed by atoms with Gasteiger partial charge in [0.05, 0.1) is 0 Å². The molecule has 0 atom stereocenters. The van der Waals surface area contributed by atoms with Crippen LogP contribution in [-0.4, -0.2) is 30.9 Å². The Labute approximate surface area is 209 Å². The van der Waals surface area contributed by atoms with Crippen molar-refractivity contribution in [1.82, 2.24) is 19.9 Å². The molecule has 1 aliphatic carbocycles. The van der Waals surface area contributed by atoms with E-state index in [0.717, 1.165) is 26.5 Å². The predicted molar refractivity (Wildman–Crippen MR) is 128 cm³/mol. The van der Waals surface area contributed by atoms with Gasteiger partial charge in [-0.05, 0) is 18.9 Å². The number of amides is 1. The fraction of sp³-hybridized carbons (Fsp3) is 0.185. The summed E-state index contributed by atoms with van der Waals surface area (Å²) in [6, 6.07) is 9.87. The molecule has 170 valence electrons. The fourth-order valence-corrected chi connectivity index (χ4v) is 4.65. The van der Waals surface area contributed by atoms with Gasteiger partial charge in [-0.25, -0.2) is 0 Å². The number of carbonyl (C=O) groups is 1. The molecule has 1 saturated carbocycles. The molecular formula is C27H24N4O2W. The first-order valence-corrected chi connectivity index (χ1v) is 12.7. The van der Waals surface area contributed by atoms with Gasteiger partial charge in [0, 0.05) is 11.6 Å². The number of hydrogen-bond donors (Lipinski definition) is 1. The van der Waals surface area contributed by atoms with Crippen LogP contribution in [0.25, 0.3) is 11.1 Å². The molecule has 2 aliphatic rings. The molecule has 6 nitrogen and oxygen atoms in total.